The lowest BCUT2D eigenvalue weighted by Crippen LogP contribution is -2.40. The van der Waals surface area contributed by atoms with E-state index in [4.69, 9.17) is 10.5 Å². The summed E-state index contributed by atoms with van der Waals surface area (Å²) in [5, 5.41) is 9.89. The number of nitrogens with zero attached hydrogens (tertiary/aromatic N) is 4. The Morgan fingerprint density at radius 3 is 2.52 bits per heavy atom. The highest BCUT2D eigenvalue weighted by Crippen LogP contribution is 2.36. The lowest BCUT2D eigenvalue weighted by atomic mass is 9.84. The van der Waals surface area contributed by atoms with E-state index in [1.54, 1.807) is 62.1 Å². The van der Waals surface area contributed by atoms with Crippen LogP contribution in [0.5, 0.6) is 0 Å². The van der Waals surface area contributed by atoms with Gasteiger partial charge in [-0.3, -0.25) is 19.3 Å². The molecule has 3 aromatic rings. The fraction of sp³-hybridized carbons (Fsp3) is 0.136. The molecular formula is C22H17N5O3S. The molecule has 0 spiro atoms. The molecule has 2 N–H and O–H groups in total. The van der Waals surface area contributed by atoms with E-state index in [0.717, 1.165) is 16.9 Å². The molecule has 3 aromatic heterocycles. The molecule has 4 rings (SSSR count). The van der Waals surface area contributed by atoms with Gasteiger partial charge >= 0.3 is 5.97 Å². The fourth-order valence-electron chi connectivity index (χ4n) is 3.45. The summed E-state index contributed by atoms with van der Waals surface area (Å²) in [6.07, 6.45) is 8.08. The van der Waals surface area contributed by atoms with Crippen molar-refractivity contribution in [2.24, 2.45) is 5.73 Å². The van der Waals surface area contributed by atoms with Crippen molar-refractivity contribution < 1.29 is 9.53 Å². The smallest absolute Gasteiger partial charge is 0.338 e. The van der Waals surface area contributed by atoms with Crippen molar-refractivity contribution in [1.82, 2.24) is 14.5 Å². The number of hydrogen-bond acceptors (Lipinski definition) is 8. The van der Waals surface area contributed by atoms with Crippen LogP contribution in [0.2, 0.25) is 0 Å². The molecule has 0 radical (unpaired) electrons. The Labute approximate surface area is 180 Å². The summed E-state index contributed by atoms with van der Waals surface area (Å²) in [6.45, 7) is 1.85. The molecule has 1 aliphatic rings. The molecular weight excluding hydrogens is 414 g/mol. The third-order valence-electron chi connectivity index (χ3n) is 4.81. The summed E-state index contributed by atoms with van der Waals surface area (Å²) in [5.41, 5.74) is 7.63. The number of rotatable bonds is 4. The zero-order valence-electron chi connectivity index (χ0n) is 16.5. The van der Waals surface area contributed by atoms with E-state index >= 15 is 0 Å². The maximum Gasteiger partial charge on any atom is 0.338 e. The van der Waals surface area contributed by atoms with Gasteiger partial charge in [-0.05, 0) is 48.4 Å². The van der Waals surface area contributed by atoms with Crippen LogP contribution in [0.1, 0.15) is 24.0 Å². The minimum atomic E-state index is -0.765. The first-order valence-electron chi connectivity index (χ1n) is 9.41. The summed E-state index contributed by atoms with van der Waals surface area (Å²) in [7, 11) is 0. The van der Waals surface area contributed by atoms with Gasteiger partial charge in [-0.2, -0.15) is 5.26 Å². The van der Waals surface area contributed by atoms with Gasteiger partial charge in [-0.1, -0.05) is 0 Å². The zero-order chi connectivity index (χ0) is 22.0. The van der Waals surface area contributed by atoms with Gasteiger partial charge in [0.25, 0.3) is 5.56 Å². The highest BCUT2D eigenvalue weighted by Gasteiger charge is 2.36. The first-order chi connectivity index (χ1) is 15.1. The second kappa shape index (κ2) is 8.38. The number of nitriles is 1. The number of esters is 1. The van der Waals surface area contributed by atoms with E-state index in [0.29, 0.717) is 14.8 Å². The highest BCUT2D eigenvalue weighted by molar-refractivity contribution is 7.07. The first kappa shape index (κ1) is 20.3. The van der Waals surface area contributed by atoms with E-state index in [9.17, 15) is 14.9 Å². The lowest BCUT2D eigenvalue weighted by Gasteiger charge is -2.24. The van der Waals surface area contributed by atoms with Gasteiger partial charge in [-0.25, -0.2) is 4.79 Å². The molecule has 0 saturated heterocycles. The number of thiazole rings is 1. The molecule has 8 nitrogen and oxygen atoms in total. The van der Waals surface area contributed by atoms with E-state index in [1.807, 2.05) is 0 Å². The highest BCUT2D eigenvalue weighted by atomic mass is 32.1. The van der Waals surface area contributed by atoms with E-state index in [1.165, 1.54) is 4.57 Å². The molecule has 4 heterocycles. The number of pyridine rings is 2. The number of fused-ring (bicyclic) bond motifs is 1. The summed E-state index contributed by atoms with van der Waals surface area (Å²) in [6, 6.07) is 9.03. The van der Waals surface area contributed by atoms with Crippen LogP contribution in [0, 0.1) is 11.3 Å². The maximum absolute atomic E-state index is 13.2. The first-order valence-corrected chi connectivity index (χ1v) is 10.2. The number of carbonyl (C=O) groups excluding carboxylic acids is 1. The van der Waals surface area contributed by atoms with Gasteiger partial charge in [0.05, 0.1) is 34.3 Å². The van der Waals surface area contributed by atoms with Crippen molar-refractivity contribution in [1.29, 1.82) is 5.26 Å². The Morgan fingerprint density at radius 2 is 1.90 bits per heavy atom. The molecule has 154 valence electrons. The van der Waals surface area contributed by atoms with Crippen molar-refractivity contribution in [3.05, 3.63) is 85.3 Å². The molecule has 0 amide bonds. The number of allylic oxidation sites excluding steroid dienone is 1. The minimum absolute atomic E-state index is 0.00277. The molecule has 1 unspecified atom stereocenters. The number of hydrogen-bond donors (Lipinski definition) is 1. The Bertz CT molecular complexity index is 1400. The average Bonchev–Trinajstić information content (AvgIpc) is 3.11. The van der Waals surface area contributed by atoms with Crippen LogP contribution in [0.15, 0.2) is 59.4 Å². The Kier molecular flexibility index (Phi) is 5.47. The third-order valence-corrected chi connectivity index (χ3v) is 5.92. The van der Waals surface area contributed by atoms with Gasteiger partial charge < -0.3 is 10.5 Å². The standard InChI is InChI=1S/C22H17N5O3S/c1-2-30-22(29)18-17(14-5-9-26-10-6-14)15(12-23)19(24)27-20(28)16(31-21(18)27)11-13-3-7-25-8-4-13/h3-11,17H,2,24H2,1H3/b16-11-. The van der Waals surface area contributed by atoms with Crippen LogP contribution >= 0.6 is 11.3 Å². The van der Waals surface area contributed by atoms with Crippen LogP contribution in [0.25, 0.3) is 17.5 Å². The predicted octanol–water partition coefficient (Wildman–Crippen LogP) is 0.691. The van der Waals surface area contributed by atoms with E-state index < -0.39 is 17.4 Å². The molecule has 0 aromatic carbocycles. The number of carbonyl (C=O) groups is 1. The average molecular weight is 431 g/mol. The Hall–Kier alpha value is -4.03. The molecule has 1 atom stereocenters. The third kappa shape index (κ3) is 3.53. The molecule has 0 fully saturated rings. The number of nitrogens with two attached hydrogens (primary N) is 1. The quantitative estimate of drug-likeness (QED) is 0.603. The monoisotopic (exact) mass is 431 g/mol. The molecule has 0 saturated carbocycles. The lowest BCUT2D eigenvalue weighted by molar-refractivity contribution is -0.136. The predicted molar refractivity (Wildman–Crippen MR) is 116 cm³/mol. The van der Waals surface area contributed by atoms with E-state index in [2.05, 4.69) is 16.0 Å². The van der Waals surface area contributed by atoms with Crippen LogP contribution < -0.4 is 20.5 Å². The molecule has 9 heteroatoms. The summed E-state index contributed by atoms with van der Waals surface area (Å²) < 4.78 is 7.24. The van der Waals surface area contributed by atoms with Gasteiger partial charge in [0.2, 0.25) is 0 Å². The summed E-state index contributed by atoms with van der Waals surface area (Å²) in [4.78, 5) is 34.2. The van der Waals surface area contributed by atoms with Gasteiger partial charge in [0.1, 0.15) is 10.5 Å². The maximum atomic E-state index is 13.2. The molecule has 0 bridgehead atoms. The van der Waals surface area contributed by atoms with Crippen molar-refractivity contribution in [3.63, 3.8) is 0 Å². The largest absolute Gasteiger partial charge is 0.463 e. The van der Waals surface area contributed by atoms with E-state index in [-0.39, 0.29) is 23.6 Å². The molecule has 0 aliphatic carbocycles. The van der Waals surface area contributed by atoms with Crippen LogP contribution in [0.3, 0.4) is 0 Å². The van der Waals surface area contributed by atoms with Gasteiger partial charge in [0, 0.05) is 24.8 Å². The number of ether oxygens (including phenoxy) is 1. The zero-order valence-corrected chi connectivity index (χ0v) is 17.3. The van der Waals surface area contributed by atoms with Gasteiger partial charge in [0.15, 0.2) is 0 Å². The topological polar surface area (TPSA) is 124 Å². The normalized spacial score (nSPS) is 16.1. The van der Waals surface area contributed by atoms with Crippen molar-refractivity contribution >= 4 is 34.8 Å². The Balaban J connectivity index is 2.10. The Morgan fingerprint density at radius 1 is 1.26 bits per heavy atom. The molecule has 31 heavy (non-hydrogen) atoms. The SMILES string of the molecule is CCOC(=O)C1=c2s/c(=C\c3ccncc3)c(=O)n2C(N)=C(C#N)C1c1ccncc1. The van der Waals surface area contributed by atoms with Crippen molar-refractivity contribution in [3.8, 4) is 6.07 Å². The fourth-order valence-corrected chi connectivity index (χ4v) is 4.62. The summed E-state index contributed by atoms with van der Waals surface area (Å²) >= 11 is 1.13. The molecule has 1 aliphatic heterocycles. The van der Waals surface area contributed by atoms with Crippen molar-refractivity contribution in [2.45, 2.75) is 12.8 Å². The van der Waals surface area contributed by atoms with Crippen molar-refractivity contribution in [2.75, 3.05) is 6.61 Å². The summed E-state index contributed by atoms with van der Waals surface area (Å²) in [5.74, 6) is -1.36. The van der Waals surface area contributed by atoms with Crippen LogP contribution in [0.4, 0.5) is 0 Å². The van der Waals surface area contributed by atoms with Crippen LogP contribution in [-0.2, 0) is 9.53 Å². The second-order valence-corrected chi connectivity index (χ2v) is 7.63. The minimum Gasteiger partial charge on any atom is -0.463 e. The number of aromatic nitrogens is 3. The van der Waals surface area contributed by atoms with Gasteiger partial charge in [-0.15, -0.1) is 11.3 Å². The van der Waals surface area contributed by atoms with Crippen LogP contribution in [-0.4, -0.2) is 27.1 Å². The second-order valence-electron chi connectivity index (χ2n) is 6.60.